The third kappa shape index (κ3) is 6.46. The zero-order valence-electron chi connectivity index (χ0n) is 24.5. The number of benzene rings is 2. The molecule has 6 rings (SSSR count). The molecular formula is C32H33F3N8O. The molecule has 2 amide bonds. The molecule has 1 fully saturated rings. The van der Waals surface area contributed by atoms with Crippen LogP contribution in [0.25, 0.3) is 27.8 Å². The first-order valence-electron chi connectivity index (χ1n) is 14.5. The van der Waals surface area contributed by atoms with E-state index < -0.39 is 17.8 Å². The zero-order valence-corrected chi connectivity index (χ0v) is 24.5. The molecule has 0 unspecified atom stereocenters. The lowest BCUT2D eigenvalue weighted by Gasteiger charge is -2.34. The van der Waals surface area contributed by atoms with Crippen LogP contribution in [0.2, 0.25) is 0 Å². The highest BCUT2D eigenvalue weighted by Gasteiger charge is 2.34. The number of hydrogen-bond acceptors (Lipinski definition) is 5. The number of carbonyl (C=O) groups is 1. The smallest absolute Gasteiger partial charge is 0.308 e. The van der Waals surface area contributed by atoms with Crippen molar-refractivity contribution in [2.45, 2.75) is 19.6 Å². The predicted octanol–water partition coefficient (Wildman–Crippen LogP) is 6.20. The first-order valence-corrected chi connectivity index (χ1v) is 14.5. The third-order valence-corrected chi connectivity index (χ3v) is 7.99. The fourth-order valence-corrected chi connectivity index (χ4v) is 5.53. The van der Waals surface area contributed by atoms with Gasteiger partial charge in [0, 0.05) is 80.2 Å². The van der Waals surface area contributed by atoms with Crippen molar-refractivity contribution in [1.29, 1.82) is 0 Å². The highest BCUT2D eigenvalue weighted by Crippen LogP contribution is 2.35. The maximum atomic E-state index is 14.0. The number of aryl methyl sites for hydroxylation is 1. The highest BCUT2D eigenvalue weighted by molar-refractivity contribution is 6.00. The molecule has 0 bridgehead atoms. The van der Waals surface area contributed by atoms with Crippen molar-refractivity contribution in [3.63, 3.8) is 0 Å². The van der Waals surface area contributed by atoms with E-state index in [4.69, 9.17) is 0 Å². The van der Waals surface area contributed by atoms with E-state index >= 15 is 0 Å². The summed E-state index contributed by atoms with van der Waals surface area (Å²) < 4.78 is 45.5. The minimum Gasteiger partial charge on any atom is -0.308 e. The largest absolute Gasteiger partial charge is 0.416 e. The molecule has 0 radical (unpaired) electrons. The Balaban J connectivity index is 1.11. The van der Waals surface area contributed by atoms with E-state index in [1.54, 1.807) is 29.2 Å². The number of nitrogens with zero attached hydrogens (tertiary/aromatic N) is 6. The SMILES string of the molecule is CCN1CCN(Cc2ccc(NC(=O)Nc3ccc(-c4cnn5cc(-c6cnn(C)c6)ccc45)cc3)cc2C(F)(F)F)CC1. The number of anilines is 2. The summed E-state index contributed by atoms with van der Waals surface area (Å²) in [4.78, 5) is 17.0. The van der Waals surface area contributed by atoms with Gasteiger partial charge in [-0.25, -0.2) is 9.31 Å². The molecule has 4 heterocycles. The molecule has 1 saturated heterocycles. The second kappa shape index (κ2) is 12.1. The van der Waals surface area contributed by atoms with Crippen LogP contribution in [0.5, 0.6) is 0 Å². The predicted molar refractivity (Wildman–Crippen MR) is 164 cm³/mol. The van der Waals surface area contributed by atoms with Crippen molar-refractivity contribution in [3.8, 4) is 22.3 Å². The summed E-state index contributed by atoms with van der Waals surface area (Å²) in [5, 5.41) is 14.0. The minimum atomic E-state index is -4.54. The number of pyridine rings is 1. The van der Waals surface area contributed by atoms with Gasteiger partial charge in [0.2, 0.25) is 0 Å². The molecule has 44 heavy (non-hydrogen) atoms. The standard InChI is InChI=1S/C32H33F3N8O/c1-3-41-12-14-42(15-13-41)20-24-6-10-27(16-29(24)32(33,34)35)39-31(44)38-26-8-4-22(5-9-26)28-18-37-43-21-23(7-11-30(28)43)25-17-36-40(2)19-25/h4-11,16-19,21H,3,12-15,20H2,1-2H3,(H2,38,39,44). The molecule has 1 aliphatic heterocycles. The molecule has 2 aromatic carbocycles. The topological polar surface area (TPSA) is 82.7 Å². The Bertz CT molecular complexity index is 1770. The van der Waals surface area contributed by atoms with Crippen molar-refractivity contribution in [3.05, 3.63) is 90.5 Å². The number of nitrogens with one attached hydrogen (secondary N) is 2. The molecule has 0 saturated carbocycles. The fourth-order valence-electron chi connectivity index (χ4n) is 5.53. The number of likely N-dealkylation sites (N-methyl/N-ethyl adjacent to an activating group) is 1. The molecule has 0 atom stereocenters. The van der Waals surface area contributed by atoms with Gasteiger partial charge < -0.3 is 15.5 Å². The zero-order chi connectivity index (χ0) is 30.8. The second-order valence-corrected chi connectivity index (χ2v) is 10.9. The Morgan fingerprint density at radius 1 is 0.818 bits per heavy atom. The van der Waals surface area contributed by atoms with E-state index in [1.807, 2.05) is 53.1 Å². The van der Waals surface area contributed by atoms with Crippen LogP contribution in [-0.2, 0) is 19.8 Å². The van der Waals surface area contributed by atoms with Crippen LogP contribution in [0.15, 0.2) is 79.4 Å². The van der Waals surface area contributed by atoms with E-state index in [0.29, 0.717) is 5.69 Å². The first-order chi connectivity index (χ1) is 21.2. The molecule has 12 heteroatoms. The highest BCUT2D eigenvalue weighted by atomic mass is 19.4. The van der Waals surface area contributed by atoms with E-state index in [-0.39, 0.29) is 17.8 Å². The molecule has 0 aliphatic carbocycles. The lowest BCUT2D eigenvalue weighted by molar-refractivity contribution is -0.138. The number of rotatable bonds is 7. The first kappa shape index (κ1) is 29.4. The number of alkyl halides is 3. The number of carbonyl (C=O) groups excluding carboxylic acids is 1. The van der Waals surface area contributed by atoms with Gasteiger partial charge in [-0.3, -0.25) is 9.58 Å². The number of urea groups is 1. The Labute approximate surface area is 252 Å². The maximum Gasteiger partial charge on any atom is 0.416 e. The molecule has 228 valence electrons. The molecule has 3 aromatic heterocycles. The molecule has 5 aromatic rings. The summed E-state index contributed by atoms with van der Waals surface area (Å²) in [6, 6.07) is 14.6. The average Bonchev–Trinajstić information content (AvgIpc) is 3.64. The van der Waals surface area contributed by atoms with Crippen LogP contribution in [0.4, 0.5) is 29.3 Å². The van der Waals surface area contributed by atoms with Crippen molar-refractivity contribution in [2.75, 3.05) is 43.4 Å². The Morgan fingerprint density at radius 3 is 2.18 bits per heavy atom. The molecule has 9 nitrogen and oxygen atoms in total. The lowest BCUT2D eigenvalue weighted by atomic mass is 10.0. The second-order valence-electron chi connectivity index (χ2n) is 10.9. The molecular weight excluding hydrogens is 569 g/mol. The number of halogens is 3. The summed E-state index contributed by atoms with van der Waals surface area (Å²) in [5.41, 5.74) is 4.77. The average molecular weight is 603 g/mol. The number of amides is 2. The summed E-state index contributed by atoms with van der Waals surface area (Å²) in [5.74, 6) is 0. The van der Waals surface area contributed by atoms with Gasteiger partial charge in [0.25, 0.3) is 0 Å². The van der Waals surface area contributed by atoms with Crippen LogP contribution in [0.3, 0.4) is 0 Å². The van der Waals surface area contributed by atoms with Crippen molar-refractivity contribution >= 4 is 22.9 Å². The van der Waals surface area contributed by atoms with Crippen molar-refractivity contribution < 1.29 is 18.0 Å². The van der Waals surface area contributed by atoms with E-state index in [1.165, 1.54) is 12.1 Å². The number of fused-ring (bicyclic) bond motifs is 1. The van der Waals surface area contributed by atoms with Crippen LogP contribution in [-0.4, -0.2) is 67.9 Å². The van der Waals surface area contributed by atoms with Gasteiger partial charge in [-0.2, -0.15) is 23.4 Å². The van der Waals surface area contributed by atoms with E-state index in [9.17, 15) is 18.0 Å². The van der Waals surface area contributed by atoms with Gasteiger partial charge in [-0.15, -0.1) is 0 Å². The normalized spacial score (nSPS) is 14.7. The van der Waals surface area contributed by atoms with Gasteiger partial charge in [-0.1, -0.05) is 31.2 Å². The monoisotopic (exact) mass is 602 g/mol. The van der Waals surface area contributed by atoms with Gasteiger partial charge in [0.15, 0.2) is 0 Å². The Hall–Kier alpha value is -4.68. The number of hydrogen-bond donors (Lipinski definition) is 2. The summed E-state index contributed by atoms with van der Waals surface area (Å²) in [7, 11) is 1.87. The lowest BCUT2D eigenvalue weighted by Crippen LogP contribution is -2.45. The Kier molecular flexibility index (Phi) is 8.11. The third-order valence-electron chi connectivity index (χ3n) is 7.99. The maximum absolute atomic E-state index is 14.0. The van der Waals surface area contributed by atoms with Gasteiger partial charge >= 0.3 is 12.2 Å². The van der Waals surface area contributed by atoms with Crippen LogP contribution in [0.1, 0.15) is 18.1 Å². The van der Waals surface area contributed by atoms with E-state index in [0.717, 1.165) is 66.6 Å². The van der Waals surface area contributed by atoms with E-state index in [2.05, 4.69) is 32.7 Å². The van der Waals surface area contributed by atoms with Crippen LogP contribution in [0, 0.1) is 0 Å². The molecule has 1 aliphatic rings. The van der Waals surface area contributed by atoms with Gasteiger partial charge in [0.1, 0.15) is 0 Å². The Morgan fingerprint density at radius 2 is 1.50 bits per heavy atom. The molecule has 2 N–H and O–H groups in total. The number of piperazine rings is 1. The fraction of sp³-hybridized carbons (Fsp3) is 0.281. The van der Waals surface area contributed by atoms with Crippen LogP contribution < -0.4 is 10.6 Å². The summed E-state index contributed by atoms with van der Waals surface area (Å²) >= 11 is 0. The van der Waals surface area contributed by atoms with Gasteiger partial charge in [0.05, 0.1) is 23.5 Å². The summed E-state index contributed by atoms with van der Waals surface area (Å²) in [6.07, 6.45) is 2.93. The summed E-state index contributed by atoms with van der Waals surface area (Å²) in [6.45, 7) is 6.34. The molecule has 0 spiro atoms. The van der Waals surface area contributed by atoms with Gasteiger partial charge in [-0.05, 0) is 48.0 Å². The minimum absolute atomic E-state index is 0.0722. The van der Waals surface area contributed by atoms with Crippen molar-refractivity contribution in [1.82, 2.24) is 29.2 Å². The van der Waals surface area contributed by atoms with Crippen LogP contribution >= 0.6 is 0 Å². The quantitative estimate of drug-likeness (QED) is 0.232. The number of aromatic nitrogens is 4. The van der Waals surface area contributed by atoms with Crippen molar-refractivity contribution in [2.24, 2.45) is 7.05 Å².